The molecule has 17 heavy (non-hydrogen) atoms. The van der Waals surface area contributed by atoms with Crippen LogP contribution < -0.4 is 0 Å². The van der Waals surface area contributed by atoms with Gasteiger partial charge in [-0.05, 0) is 25.0 Å². The van der Waals surface area contributed by atoms with Crippen molar-refractivity contribution in [1.82, 2.24) is 0 Å². The monoisotopic (exact) mass is 257 g/mol. The number of nitrogens with zero attached hydrogens (tertiary/aromatic N) is 1. The van der Waals surface area contributed by atoms with Crippen LogP contribution in [0, 0.1) is 0 Å². The van der Waals surface area contributed by atoms with Gasteiger partial charge >= 0.3 is 11.9 Å². The number of aliphatic carboxylic acids is 2. The predicted octanol–water partition coefficient (Wildman–Crippen LogP) is 1.42. The Morgan fingerprint density at radius 1 is 1.29 bits per heavy atom. The Balaban J connectivity index is 2.65. The molecule has 0 aliphatic heterocycles. The number of carboxylic acids is 2. The normalized spacial score (nSPS) is 11.4. The largest absolute Gasteiger partial charge is 0.481 e. The molecular weight excluding hydrogens is 246 g/mol. The van der Waals surface area contributed by atoms with E-state index in [0.717, 1.165) is 4.88 Å². The lowest BCUT2D eigenvalue weighted by Gasteiger charge is -1.95. The van der Waals surface area contributed by atoms with E-state index in [4.69, 9.17) is 15.4 Å². The van der Waals surface area contributed by atoms with Gasteiger partial charge in [0.2, 0.25) is 5.71 Å². The van der Waals surface area contributed by atoms with Gasteiger partial charge in [0.05, 0.1) is 4.88 Å². The van der Waals surface area contributed by atoms with E-state index in [1.54, 1.807) is 12.1 Å². The summed E-state index contributed by atoms with van der Waals surface area (Å²) < 4.78 is 0. The zero-order chi connectivity index (χ0) is 12.8. The van der Waals surface area contributed by atoms with Crippen LogP contribution in [0.4, 0.5) is 0 Å². The average molecular weight is 257 g/mol. The topological polar surface area (TPSA) is 107 Å². The number of hydrogen-bond donors (Lipinski definition) is 3. The highest BCUT2D eigenvalue weighted by Gasteiger charge is 2.15. The lowest BCUT2D eigenvalue weighted by Crippen LogP contribution is -2.12. The fourth-order valence-electron chi connectivity index (χ4n) is 1.25. The number of hydrogen-bond acceptors (Lipinski definition) is 5. The zero-order valence-corrected chi connectivity index (χ0v) is 9.61. The van der Waals surface area contributed by atoms with Crippen LogP contribution in [-0.2, 0) is 16.0 Å². The Hall–Kier alpha value is -1.89. The lowest BCUT2D eigenvalue weighted by molar-refractivity contribution is -0.137. The van der Waals surface area contributed by atoms with Gasteiger partial charge in [-0.1, -0.05) is 5.16 Å². The second-order valence-electron chi connectivity index (χ2n) is 3.27. The van der Waals surface area contributed by atoms with Gasteiger partial charge in [0.15, 0.2) is 0 Å². The molecule has 0 saturated heterocycles. The standard InChI is InChI=1S/C10H11NO5S/c12-8(13)3-1-2-6-4-5-7(17-6)9(11-16)10(14)15/h4-5,16H,1-3H2,(H,12,13)(H,14,15)/b11-9-. The molecule has 0 atom stereocenters. The maximum Gasteiger partial charge on any atom is 0.359 e. The molecule has 0 saturated carbocycles. The minimum absolute atomic E-state index is 0.0765. The Labute approximate surface area is 101 Å². The van der Waals surface area contributed by atoms with Crippen molar-refractivity contribution in [3.05, 3.63) is 21.9 Å². The highest BCUT2D eigenvalue weighted by Crippen LogP contribution is 2.19. The SMILES string of the molecule is O=C(O)CCCc1ccc(/C(=N/O)C(=O)O)s1. The fourth-order valence-corrected chi connectivity index (χ4v) is 2.28. The van der Waals surface area contributed by atoms with Crippen molar-refractivity contribution in [2.24, 2.45) is 5.16 Å². The Bertz CT molecular complexity index is 451. The summed E-state index contributed by atoms with van der Waals surface area (Å²) in [6.45, 7) is 0. The average Bonchev–Trinajstić information content (AvgIpc) is 2.66. The second kappa shape index (κ2) is 6.00. The van der Waals surface area contributed by atoms with Crippen molar-refractivity contribution >= 4 is 29.0 Å². The van der Waals surface area contributed by atoms with Crippen LogP contribution in [0.2, 0.25) is 0 Å². The second-order valence-corrected chi connectivity index (χ2v) is 4.44. The van der Waals surface area contributed by atoms with Gasteiger partial charge in [-0.15, -0.1) is 11.3 Å². The molecule has 0 radical (unpaired) electrons. The van der Waals surface area contributed by atoms with E-state index in [9.17, 15) is 9.59 Å². The third-order valence-corrected chi connectivity index (χ3v) is 3.16. The maximum absolute atomic E-state index is 10.7. The number of thiophene rings is 1. The molecule has 1 aromatic heterocycles. The summed E-state index contributed by atoms with van der Waals surface area (Å²) in [5, 5.41) is 28.4. The van der Waals surface area contributed by atoms with Crippen molar-refractivity contribution in [2.45, 2.75) is 19.3 Å². The molecule has 92 valence electrons. The number of carbonyl (C=O) groups is 2. The quantitative estimate of drug-likeness (QED) is 0.406. The van der Waals surface area contributed by atoms with Gasteiger partial charge in [-0.25, -0.2) is 4.79 Å². The van der Waals surface area contributed by atoms with Crippen molar-refractivity contribution in [3.63, 3.8) is 0 Å². The molecule has 0 bridgehead atoms. The van der Waals surface area contributed by atoms with Crippen LogP contribution in [0.15, 0.2) is 17.3 Å². The van der Waals surface area contributed by atoms with Gasteiger partial charge in [0.25, 0.3) is 0 Å². The van der Waals surface area contributed by atoms with E-state index in [1.807, 2.05) is 0 Å². The minimum Gasteiger partial charge on any atom is -0.481 e. The predicted molar refractivity (Wildman–Crippen MR) is 60.9 cm³/mol. The van der Waals surface area contributed by atoms with E-state index in [0.29, 0.717) is 17.7 Å². The molecule has 1 heterocycles. The number of carboxylic acid groups (broad SMARTS) is 2. The molecule has 1 aromatic rings. The lowest BCUT2D eigenvalue weighted by atomic mass is 10.2. The van der Waals surface area contributed by atoms with Crippen LogP contribution in [-0.4, -0.2) is 33.1 Å². The van der Waals surface area contributed by atoms with E-state index < -0.39 is 17.7 Å². The first-order valence-corrected chi connectivity index (χ1v) is 5.62. The highest BCUT2D eigenvalue weighted by atomic mass is 32.1. The molecule has 6 nitrogen and oxygen atoms in total. The molecule has 0 spiro atoms. The van der Waals surface area contributed by atoms with Gasteiger partial charge in [0, 0.05) is 11.3 Å². The smallest absolute Gasteiger partial charge is 0.359 e. The molecule has 0 unspecified atom stereocenters. The fraction of sp³-hybridized carbons (Fsp3) is 0.300. The molecule has 7 heteroatoms. The van der Waals surface area contributed by atoms with Crippen LogP contribution in [0.25, 0.3) is 0 Å². The molecule has 0 aromatic carbocycles. The number of oxime groups is 1. The molecule has 0 aliphatic carbocycles. The van der Waals surface area contributed by atoms with E-state index >= 15 is 0 Å². The van der Waals surface area contributed by atoms with Crippen molar-refractivity contribution in [1.29, 1.82) is 0 Å². The first kappa shape index (κ1) is 13.2. The van der Waals surface area contributed by atoms with E-state index in [2.05, 4.69) is 5.16 Å². The van der Waals surface area contributed by atoms with E-state index in [-0.39, 0.29) is 6.42 Å². The summed E-state index contributed by atoms with van der Waals surface area (Å²) in [5.74, 6) is -2.16. The van der Waals surface area contributed by atoms with Crippen molar-refractivity contribution in [2.75, 3.05) is 0 Å². The Morgan fingerprint density at radius 3 is 2.53 bits per heavy atom. The molecule has 1 rings (SSSR count). The molecule has 0 amide bonds. The first-order valence-electron chi connectivity index (χ1n) is 4.81. The maximum atomic E-state index is 10.7. The number of aryl methyl sites for hydroxylation is 1. The summed E-state index contributed by atoms with van der Waals surface area (Å²) in [6, 6.07) is 3.25. The Morgan fingerprint density at radius 2 is 2.00 bits per heavy atom. The summed E-state index contributed by atoms with van der Waals surface area (Å²) in [5.41, 5.74) is -0.403. The first-order chi connectivity index (χ1) is 8.04. The number of rotatable bonds is 6. The van der Waals surface area contributed by atoms with Crippen LogP contribution in [0.3, 0.4) is 0 Å². The van der Waals surface area contributed by atoms with Crippen molar-refractivity contribution < 1.29 is 25.0 Å². The third-order valence-electron chi connectivity index (χ3n) is 2.01. The summed E-state index contributed by atoms with van der Waals surface area (Å²) in [4.78, 5) is 22.2. The Kier molecular flexibility index (Phi) is 4.65. The molecule has 3 N–H and O–H groups in total. The van der Waals surface area contributed by atoms with Crippen LogP contribution >= 0.6 is 11.3 Å². The highest BCUT2D eigenvalue weighted by molar-refractivity contribution is 7.14. The zero-order valence-electron chi connectivity index (χ0n) is 8.79. The van der Waals surface area contributed by atoms with Gasteiger partial charge in [0.1, 0.15) is 0 Å². The van der Waals surface area contributed by atoms with Crippen molar-refractivity contribution in [3.8, 4) is 0 Å². The van der Waals surface area contributed by atoms with Crippen LogP contribution in [0.5, 0.6) is 0 Å². The molecule has 0 fully saturated rings. The molecular formula is C10H11NO5S. The summed E-state index contributed by atoms with van der Waals surface area (Å²) in [7, 11) is 0. The van der Waals surface area contributed by atoms with E-state index in [1.165, 1.54) is 11.3 Å². The minimum atomic E-state index is -1.30. The third kappa shape index (κ3) is 3.87. The van der Waals surface area contributed by atoms with Crippen LogP contribution in [0.1, 0.15) is 22.6 Å². The summed E-state index contributed by atoms with van der Waals surface area (Å²) >= 11 is 1.18. The summed E-state index contributed by atoms with van der Waals surface area (Å²) in [6.07, 6.45) is 1.14. The molecule has 0 aliphatic rings. The van der Waals surface area contributed by atoms with Gasteiger partial charge in [-0.2, -0.15) is 0 Å². The van der Waals surface area contributed by atoms with Gasteiger partial charge < -0.3 is 15.4 Å². The van der Waals surface area contributed by atoms with Gasteiger partial charge in [-0.3, -0.25) is 4.79 Å².